The lowest BCUT2D eigenvalue weighted by molar-refractivity contribution is -0.129. The number of carboxylic acid groups (broad SMARTS) is 1. The van der Waals surface area contributed by atoms with E-state index >= 15 is 0 Å². The highest BCUT2D eigenvalue weighted by Crippen LogP contribution is 2.17. The van der Waals surface area contributed by atoms with Gasteiger partial charge in [-0.05, 0) is 6.07 Å². The van der Waals surface area contributed by atoms with E-state index < -0.39 is 17.9 Å². The summed E-state index contributed by atoms with van der Waals surface area (Å²) in [6, 6.07) is 0.836. The Morgan fingerprint density at radius 3 is 3.00 bits per heavy atom. The van der Waals surface area contributed by atoms with E-state index in [1.54, 1.807) is 4.90 Å². The summed E-state index contributed by atoms with van der Waals surface area (Å²) in [5.74, 6) is -1.23. The monoisotopic (exact) mass is 254 g/mol. The van der Waals surface area contributed by atoms with Crippen LogP contribution in [-0.4, -0.2) is 47.7 Å². The van der Waals surface area contributed by atoms with Gasteiger partial charge in [-0.3, -0.25) is 9.69 Å². The standard InChI is InChI=1S/C11H14N2O5/c12-10(14)8-6-17-4-2-13(8)5-9-7(11(15)16)1-3-18-9/h1,3,8H,2,4-6H2,(H2,12,14)(H,15,16). The van der Waals surface area contributed by atoms with Crippen molar-refractivity contribution >= 4 is 11.9 Å². The van der Waals surface area contributed by atoms with Gasteiger partial charge in [0.2, 0.25) is 5.91 Å². The number of hydrogen-bond acceptors (Lipinski definition) is 5. The Hall–Kier alpha value is -1.86. The summed E-state index contributed by atoms with van der Waals surface area (Å²) in [4.78, 5) is 24.0. The molecule has 1 aliphatic heterocycles. The first kappa shape index (κ1) is 12.6. The number of nitrogens with two attached hydrogens (primary N) is 1. The molecule has 98 valence electrons. The molecule has 7 heteroatoms. The van der Waals surface area contributed by atoms with Crippen LogP contribution >= 0.6 is 0 Å². The normalized spacial score (nSPS) is 20.8. The van der Waals surface area contributed by atoms with Crippen LogP contribution in [0.2, 0.25) is 0 Å². The Balaban J connectivity index is 2.13. The highest BCUT2D eigenvalue weighted by atomic mass is 16.5. The van der Waals surface area contributed by atoms with Gasteiger partial charge in [0, 0.05) is 6.54 Å². The molecular weight excluding hydrogens is 240 g/mol. The number of hydrogen-bond donors (Lipinski definition) is 2. The van der Waals surface area contributed by atoms with Gasteiger partial charge in [0.05, 0.1) is 26.0 Å². The zero-order chi connectivity index (χ0) is 13.1. The molecule has 1 aromatic heterocycles. The van der Waals surface area contributed by atoms with Crippen LogP contribution in [0.15, 0.2) is 16.7 Å². The van der Waals surface area contributed by atoms with E-state index in [9.17, 15) is 9.59 Å². The van der Waals surface area contributed by atoms with Crippen LogP contribution in [-0.2, 0) is 16.1 Å². The van der Waals surface area contributed by atoms with E-state index in [-0.39, 0.29) is 18.7 Å². The average molecular weight is 254 g/mol. The molecule has 1 amide bonds. The topological polar surface area (TPSA) is 106 Å². The van der Waals surface area contributed by atoms with Crippen molar-refractivity contribution in [3.63, 3.8) is 0 Å². The number of aromatic carboxylic acids is 1. The number of amides is 1. The van der Waals surface area contributed by atoms with Crippen molar-refractivity contribution in [2.24, 2.45) is 5.73 Å². The third kappa shape index (κ3) is 2.52. The van der Waals surface area contributed by atoms with Crippen LogP contribution in [0.1, 0.15) is 16.1 Å². The smallest absolute Gasteiger partial charge is 0.339 e. The molecule has 1 saturated heterocycles. The minimum absolute atomic E-state index is 0.102. The third-order valence-electron chi connectivity index (χ3n) is 2.89. The average Bonchev–Trinajstić information content (AvgIpc) is 2.77. The van der Waals surface area contributed by atoms with Gasteiger partial charge in [-0.1, -0.05) is 0 Å². The molecule has 0 aromatic carbocycles. The van der Waals surface area contributed by atoms with E-state index in [4.69, 9.17) is 20.0 Å². The molecule has 0 bridgehead atoms. The second-order valence-electron chi connectivity index (χ2n) is 4.03. The summed E-state index contributed by atoms with van der Waals surface area (Å²) in [6.07, 6.45) is 1.32. The first-order valence-corrected chi connectivity index (χ1v) is 5.50. The summed E-state index contributed by atoms with van der Waals surface area (Å²) in [6.45, 7) is 1.43. The Labute approximate surface area is 103 Å². The zero-order valence-electron chi connectivity index (χ0n) is 9.67. The first-order valence-electron chi connectivity index (χ1n) is 5.50. The summed E-state index contributed by atoms with van der Waals surface area (Å²) < 4.78 is 10.3. The Bertz CT molecular complexity index is 456. The van der Waals surface area contributed by atoms with Gasteiger partial charge in [0.25, 0.3) is 0 Å². The molecule has 1 unspecified atom stereocenters. The van der Waals surface area contributed by atoms with Crippen LogP contribution in [0.25, 0.3) is 0 Å². The maximum atomic E-state index is 11.3. The lowest BCUT2D eigenvalue weighted by atomic mass is 10.2. The molecule has 0 saturated carbocycles. The lowest BCUT2D eigenvalue weighted by Gasteiger charge is -2.32. The van der Waals surface area contributed by atoms with Crippen LogP contribution < -0.4 is 5.73 Å². The molecule has 1 atom stereocenters. The highest BCUT2D eigenvalue weighted by Gasteiger charge is 2.29. The molecule has 1 aromatic rings. The molecule has 18 heavy (non-hydrogen) atoms. The van der Waals surface area contributed by atoms with Crippen molar-refractivity contribution in [2.75, 3.05) is 19.8 Å². The fourth-order valence-electron chi connectivity index (χ4n) is 1.93. The number of carbonyl (C=O) groups excluding carboxylic acids is 1. The lowest BCUT2D eigenvalue weighted by Crippen LogP contribution is -2.51. The number of primary amides is 1. The second-order valence-corrected chi connectivity index (χ2v) is 4.03. The predicted octanol–water partition coefficient (Wildman–Crippen LogP) is -0.336. The molecule has 2 heterocycles. The van der Waals surface area contributed by atoms with Crippen molar-refractivity contribution in [3.05, 3.63) is 23.7 Å². The number of nitrogens with zero attached hydrogens (tertiary/aromatic N) is 1. The predicted molar refractivity (Wildman–Crippen MR) is 59.9 cm³/mol. The Kier molecular flexibility index (Phi) is 3.63. The summed E-state index contributed by atoms with van der Waals surface area (Å²) >= 11 is 0. The second kappa shape index (κ2) is 5.19. The fourth-order valence-corrected chi connectivity index (χ4v) is 1.93. The molecule has 7 nitrogen and oxygen atoms in total. The molecular formula is C11H14N2O5. The van der Waals surface area contributed by atoms with E-state index in [1.165, 1.54) is 12.3 Å². The maximum Gasteiger partial charge on any atom is 0.339 e. The van der Waals surface area contributed by atoms with Gasteiger partial charge in [-0.2, -0.15) is 0 Å². The van der Waals surface area contributed by atoms with E-state index in [0.717, 1.165) is 0 Å². The van der Waals surface area contributed by atoms with E-state index in [1.807, 2.05) is 0 Å². The van der Waals surface area contributed by atoms with Gasteiger partial charge < -0.3 is 20.0 Å². The van der Waals surface area contributed by atoms with Crippen LogP contribution in [0.4, 0.5) is 0 Å². The summed E-state index contributed by atoms with van der Waals surface area (Å²) in [7, 11) is 0. The van der Waals surface area contributed by atoms with Crippen molar-refractivity contribution in [1.82, 2.24) is 4.90 Å². The quantitative estimate of drug-likeness (QED) is 0.761. The number of ether oxygens (including phenoxy) is 1. The number of morpholine rings is 1. The number of furan rings is 1. The van der Waals surface area contributed by atoms with Crippen molar-refractivity contribution < 1.29 is 23.8 Å². The number of carbonyl (C=O) groups is 2. The zero-order valence-corrected chi connectivity index (χ0v) is 9.67. The summed E-state index contributed by atoms with van der Waals surface area (Å²) in [5.41, 5.74) is 5.38. The van der Waals surface area contributed by atoms with Crippen molar-refractivity contribution in [1.29, 1.82) is 0 Å². The van der Waals surface area contributed by atoms with Gasteiger partial charge in [0.15, 0.2) is 0 Å². The third-order valence-corrected chi connectivity index (χ3v) is 2.89. The van der Waals surface area contributed by atoms with E-state index in [0.29, 0.717) is 18.9 Å². The molecule has 0 radical (unpaired) electrons. The Morgan fingerprint density at radius 2 is 2.33 bits per heavy atom. The highest BCUT2D eigenvalue weighted by molar-refractivity contribution is 5.88. The number of rotatable bonds is 4. The molecule has 0 aliphatic carbocycles. The molecule has 0 spiro atoms. The van der Waals surface area contributed by atoms with Gasteiger partial charge in [0.1, 0.15) is 17.4 Å². The minimum Gasteiger partial charge on any atom is -0.478 e. The Morgan fingerprint density at radius 1 is 1.56 bits per heavy atom. The first-order chi connectivity index (χ1) is 8.59. The summed E-state index contributed by atoms with van der Waals surface area (Å²) in [5, 5.41) is 8.96. The molecule has 3 N–H and O–H groups in total. The van der Waals surface area contributed by atoms with Crippen molar-refractivity contribution in [2.45, 2.75) is 12.6 Å². The van der Waals surface area contributed by atoms with Gasteiger partial charge in [-0.15, -0.1) is 0 Å². The largest absolute Gasteiger partial charge is 0.478 e. The SMILES string of the molecule is NC(=O)C1COCCN1Cc1occc1C(=O)O. The van der Waals surface area contributed by atoms with Crippen molar-refractivity contribution in [3.8, 4) is 0 Å². The van der Waals surface area contributed by atoms with Gasteiger partial charge in [-0.25, -0.2) is 4.79 Å². The molecule has 2 rings (SSSR count). The van der Waals surface area contributed by atoms with Gasteiger partial charge >= 0.3 is 5.97 Å². The van der Waals surface area contributed by atoms with Crippen LogP contribution in [0.3, 0.4) is 0 Å². The van der Waals surface area contributed by atoms with Crippen LogP contribution in [0, 0.1) is 0 Å². The molecule has 1 aliphatic rings. The minimum atomic E-state index is -1.05. The van der Waals surface area contributed by atoms with E-state index in [2.05, 4.69) is 0 Å². The van der Waals surface area contributed by atoms with Crippen LogP contribution in [0.5, 0.6) is 0 Å². The molecule has 1 fully saturated rings. The number of carboxylic acids is 1. The maximum absolute atomic E-state index is 11.3. The fraction of sp³-hybridized carbons (Fsp3) is 0.455.